The van der Waals surface area contributed by atoms with E-state index in [4.69, 9.17) is 13.9 Å². The van der Waals surface area contributed by atoms with Gasteiger partial charge in [0, 0.05) is 13.0 Å². The maximum atomic E-state index is 12.6. The van der Waals surface area contributed by atoms with E-state index in [0.29, 0.717) is 34.2 Å². The summed E-state index contributed by atoms with van der Waals surface area (Å²) in [6.45, 7) is 1.70. The molecule has 0 spiro atoms. The summed E-state index contributed by atoms with van der Waals surface area (Å²) in [4.78, 5) is 4.24. The third-order valence-corrected chi connectivity index (χ3v) is 4.79. The van der Waals surface area contributed by atoms with Gasteiger partial charge in [0.15, 0.2) is 23.0 Å². The number of anilines is 1. The minimum Gasteiger partial charge on any atom is -0.493 e. The minimum absolute atomic E-state index is 0.0954. The van der Waals surface area contributed by atoms with Gasteiger partial charge in [-0.25, -0.2) is 13.4 Å². The third kappa shape index (κ3) is 3.00. The summed E-state index contributed by atoms with van der Waals surface area (Å²) in [5.74, 6) is 1.42. The first-order chi connectivity index (χ1) is 11.4. The number of hydrogen-bond acceptors (Lipinski definition) is 6. The molecule has 0 bridgehead atoms. The topological polar surface area (TPSA) is 90.7 Å². The van der Waals surface area contributed by atoms with E-state index in [-0.39, 0.29) is 4.90 Å². The molecule has 2 aromatic carbocycles. The van der Waals surface area contributed by atoms with Crippen molar-refractivity contribution in [1.82, 2.24) is 4.98 Å². The summed E-state index contributed by atoms with van der Waals surface area (Å²) in [5, 5.41) is 0. The van der Waals surface area contributed by atoms with Gasteiger partial charge in [-0.3, -0.25) is 4.72 Å². The lowest BCUT2D eigenvalue weighted by molar-refractivity contribution is 0.355. The minimum atomic E-state index is -3.77. The summed E-state index contributed by atoms with van der Waals surface area (Å²) >= 11 is 0. The van der Waals surface area contributed by atoms with E-state index in [9.17, 15) is 8.42 Å². The van der Waals surface area contributed by atoms with Gasteiger partial charge in [-0.05, 0) is 30.3 Å². The van der Waals surface area contributed by atoms with Crippen LogP contribution in [0.2, 0.25) is 0 Å². The number of sulfonamides is 1. The molecule has 7 nitrogen and oxygen atoms in total. The number of benzene rings is 2. The summed E-state index contributed by atoms with van der Waals surface area (Å²) < 4.78 is 43.3. The Labute approximate surface area is 139 Å². The monoisotopic (exact) mass is 348 g/mol. The van der Waals surface area contributed by atoms with E-state index >= 15 is 0 Å². The van der Waals surface area contributed by atoms with E-state index in [1.54, 1.807) is 31.2 Å². The van der Waals surface area contributed by atoms with Gasteiger partial charge in [0.05, 0.1) is 24.8 Å². The number of hydrogen-bond donors (Lipinski definition) is 1. The number of ether oxygens (including phenoxy) is 2. The molecule has 1 N–H and O–H groups in total. The number of nitrogens with zero attached hydrogens (tertiary/aromatic N) is 1. The molecule has 0 saturated carbocycles. The molecule has 24 heavy (non-hydrogen) atoms. The standard InChI is InChI=1S/C16H16N2O5S/c1-10-17-13-9-12(5-7-14(13)23-10)24(19,20)18-11-4-6-15(21-2)16(8-11)22-3/h4-9,18H,1-3H3. The Morgan fingerprint density at radius 3 is 2.50 bits per heavy atom. The SMILES string of the molecule is COc1ccc(NS(=O)(=O)c2ccc3oc(C)nc3c2)cc1OC. The second kappa shape index (κ2) is 6.04. The fourth-order valence-corrected chi connectivity index (χ4v) is 3.37. The Morgan fingerprint density at radius 1 is 1.04 bits per heavy atom. The lowest BCUT2D eigenvalue weighted by Crippen LogP contribution is -2.13. The van der Waals surface area contributed by atoms with Gasteiger partial charge in [-0.15, -0.1) is 0 Å². The van der Waals surface area contributed by atoms with Gasteiger partial charge in [0.1, 0.15) is 5.52 Å². The molecular weight excluding hydrogens is 332 g/mol. The maximum Gasteiger partial charge on any atom is 0.261 e. The molecule has 0 fully saturated rings. The molecule has 1 heterocycles. The molecule has 0 saturated heterocycles. The van der Waals surface area contributed by atoms with Crippen molar-refractivity contribution in [3.63, 3.8) is 0 Å². The van der Waals surface area contributed by atoms with Gasteiger partial charge >= 0.3 is 0 Å². The van der Waals surface area contributed by atoms with Crippen LogP contribution < -0.4 is 14.2 Å². The number of methoxy groups -OCH3 is 2. The van der Waals surface area contributed by atoms with Crippen LogP contribution in [0.4, 0.5) is 5.69 Å². The number of nitrogens with one attached hydrogen (secondary N) is 1. The van der Waals surface area contributed by atoms with Crippen LogP contribution in [0.5, 0.6) is 11.5 Å². The number of oxazole rings is 1. The Hall–Kier alpha value is -2.74. The summed E-state index contributed by atoms with van der Waals surface area (Å²) in [5.41, 5.74) is 1.39. The average Bonchev–Trinajstić information content (AvgIpc) is 2.93. The highest BCUT2D eigenvalue weighted by atomic mass is 32.2. The Morgan fingerprint density at radius 2 is 1.79 bits per heavy atom. The van der Waals surface area contributed by atoms with Crippen LogP contribution in [-0.2, 0) is 10.0 Å². The molecule has 0 unspecified atom stereocenters. The van der Waals surface area contributed by atoms with Crippen molar-refractivity contribution in [3.8, 4) is 11.5 Å². The average molecular weight is 348 g/mol. The number of aromatic nitrogens is 1. The lowest BCUT2D eigenvalue weighted by atomic mass is 10.3. The molecule has 8 heteroatoms. The highest BCUT2D eigenvalue weighted by Gasteiger charge is 2.17. The van der Waals surface area contributed by atoms with Crippen LogP contribution in [0.15, 0.2) is 45.7 Å². The van der Waals surface area contributed by atoms with Gasteiger partial charge < -0.3 is 13.9 Å². The number of rotatable bonds is 5. The smallest absolute Gasteiger partial charge is 0.261 e. The first kappa shape index (κ1) is 16.1. The largest absolute Gasteiger partial charge is 0.493 e. The predicted molar refractivity (Wildman–Crippen MR) is 89.1 cm³/mol. The summed E-state index contributed by atoms with van der Waals surface area (Å²) in [6, 6.07) is 9.29. The van der Waals surface area contributed by atoms with Crippen molar-refractivity contribution in [2.24, 2.45) is 0 Å². The molecular formula is C16H16N2O5S. The number of aryl methyl sites for hydroxylation is 1. The first-order valence-corrected chi connectivity index (χ1v) is 8.53. The van der Waals surface area contributed by atoms with Crippen molar-refractivity contribution in [1.29, 1.82) is 0 Å². The van der Waals surface area contributed by atoms with Crippen molar-refractivity contribution < 1.29 is 22.3 Å². The predicted octanol–water partition coefficient (Wildman–Crippen LogP) is 2.95. The van der Waals surface area contributed by atoms with Crippen molar-refractivity contribution >= 4 is 26.8 Å². The van der Waals surface area contributed by atoms with Crippen LogP contribution in [0.25, 0.3) is 11.1 Å². The molecule has 0 amide bonds. The highest BCUT2D eigenvalue weighted by Crippen LogP contribution is 2.31. The summed E-state index contributed by atoms with van der Waals surface area (Å²) in [6.07, 6.45) is 0. The zero-order valence-electron chi connectivity index (χ0n) is 13.4. The quantitative estimate of drug-likeness (QED) is 0.762. The van der Waals surface area contributed by atoms with Crippen molar-refractivity contribution in [2.75, 3.05) is 18.9 Å². The van der Waals surface area contributed by atoms with Crippen LogP contribution in [0.1, 0.15) is 5.89 Å². The Balaban J connectivity index is 1.94. The fraction of sp³-hybridized carbons (Fsp3) is 0.188. The van der Waals surface area contributed by atoms with Crippen LogP contribution in [0.3, 0.4) is 0 Å². The van der Waals surface area contributed by atoms with E-state index in [1.807, 2.05) is 0 Å². The zero-order chi connectivity index (χ0) is 17.3. The van der Waals surface area contributed by atoms with E-state index in [1.165, 1.54) is 26.4 Å². The molecule has 0 radical (unpaired) electrons. The van der Waals surface area contributed by atoms with Gasteiger partial charge in [0.25, 0.3) is 10.0 Å². The van der Waals surface area contributed by atoms with Crippen LogP contribution in [-0.4, -0.2) is 27.6 Å². The highest BCUT2D eigenvalue weighted by molar-refractivity contribution is 7.92. The Bertz CT molecular complexity index is 995. The third-order valence-electron chi connectivity index (χ3n) is 3.41. The first-order valence-electron chi connectivity index (χ1n) is 7.05. The fourth-order valence-electron chi connectivity index (χ4n) is 2.30. The zero-order valence-corrected chi connectivity index (χ0v) is 14.2. The second-order valence-corrected chi connectivity index (χ2v) is 6.72. The Kier molecular flexibility index (Phi) is 4.06. The van der Waals surface area contributed by atoms with Gasteiger partial charge in [0.2, 0.25) is 0 Å². The molecule has 1 aromatic heterocycles. The van der Waals surface area contributed by atoms with E-state index in [0.717, 1.165) is 0 Å². The summed E-state index contributed by atoms with van der Waals surface area (Å²) in [7, 11) is -0.774. The normalized spacial score (nSPS) is 11.5. The molecule has 0 aliphatic carbocycles. The van der Waals surface area contributed by atoms with Crippen molar-refractivity contribution in [3.05, 3.63) is 42.3 Å². The van der Waals surface area contributed by atoms with Crippen LogP contribution >= 0.6 is 0 Å². The van der Waals surface area contributed by atoms with Gasteiger partial charge in [-0.2, -0.15) is 0 Å². The maximum absolute atomic E-state index is 12.6. The molecule has 0 aliphatic heterocycles. The molecule has 0 atom stereocenters. The van der Waals surface area contributed by atoms with Crippen LogP contribution in [0, 0.1) is 6.92 Å². The molecule has 126 valence electrons. The van der Waals surface area contributed by atoms with Gasteiger partial charge in [-0.1, -0.05) is 0 Å². The molecule has 3 aromatic rings. The molecule has 3 rings (SSSR count). The lowest BCUT2D eigenvalue weighted by Gasteiger charge is -2.11. The second-order valence-electron chi connectivity index (χ2n) is 5.04. The number of fused-ring (bicyclic) bond motifs is 1. The van der Waals surface area contributed by atoms with Crippen molar-refractivity contribution in [2.45, 2.75) is 11.8 Å². The molecule has 0 aliphatic rings. The van der Waals surface area contributed by atoms with E-state index in [2.05, 4.69) is 9.71 Å². The van der Waals surface area contributed by atoms with E-state index < -0.39 is 10.0 Å².